The molecule has 1 atom stereocenters. The number of rotatable bonds is 7. The molecule has 1 aromatic heterocycles. The lowest BCUT2D eigenvalue weighted by atomic mass is 9.99. The second-order valence-electron chi connectivity index (χ2n) is 7.55. The summed E-state index contributed by atoms with van der Waals surface area (Å²) < 4.78 is 15.0. The Morgan fingerprint density at radius 2 is 1.74 bits per heavy atom. The number of aromatic amines is 1. The number of H-pyrrole nitrogens is 1. The molecule has 1 amide bonds. The smallest absolute Gasteiger partial charge is 0.305 e. The van der Waals surface area contributed by atoms with E-state index in [1.54, 1.807) is 36.4 Å². The Labute approximate surface area is 198 Å². The molecule has 0 spiro atoms. The number of hydrogen-bond acceptors (Lipinski definition) is 3. The normalized spacial score (nSPS) is 11.7. The van der Waals surface area contributed by atoms with Crippen LogP contribution in [0.3, 0.4) is 0 Å². The average Bonchev–Trinajstić information content (AvgIpc) is 3.20. The molecule has 0 bridgehead atoms. The summed E-state index contributed by atoms with van der Waals surface area (Å²) in [6, 6.07) is 20.1. The van der Waals surface area contributed by atoms with Crippen molar-refractivity contribution in [3.8, 4) is 16.8 Å². The molecule has 0 aliphatic rings. The summed E-state index contributed by atoms with van der Waals surface area (Å²) in [5.74, 6) is -2.44. The number of nitrogens with zero attached hydrogens (tertiary/aromatic N) is 1. The summed E-state index contributed by atoms with van der Waals surface area (Å²) in [6.45, 7) is 0. The maximum atomic E-state index is 14.1. The number of amides is 1. The van der Waals surface area contributed by atoms with Gasteiger partial charge in [0, 0.05) is 11.1 Å². The number of carboxylic acid groups (broad SMARTS) is 1. The standard InChI is InChI=1S/C25H19ClFN3O4/c26-18-5-3-4-17(12-18)15-8-10-16(11-9-15)20(14-24(32)33)28-25(34)21-13-23(31)30(29-21)22-7-2-1-6-19(22)27/h1-13,20,29H,14H2,(H,28,34)(H,32,33). The van der Waals surface area contributed by atoms with Crippen LogP contribution in [0.4, 0.5) is 4.39 Å². The Hall–Kier alpha value is -4.17. The maximum absolute atomic E-state index is 14.1. The topological polar surface area (TPSA) is 104 Å². The molecule has 0 aliphatic carbocycles. The molecule has 3 aromatic carbocycles. The van der Waals surface area contributed by atoms with Crippen molar-refractivity contribution in [3.63, 3.8) is 0 Å². The van der Waals surface area contributed by atoms with Gasteiger partial charge in [-0.2, -0.15) is 0 Å². The summed E-state index contributed by atoms with van der Waals surface area (Å²) in [6.07, 6.45) is -0.374. The van der Waals surface area contributed by atoms with Gasteiger partial charge < -0.3 is 10.4 Å². The summed E-state index contributed by atoms with van der Waals surface area (Å²) in [5, 5.41) is 15.2. The number of aromatic nitrogens is 2. The van der Waals surface area contributed by atoms with Crippen molar-refractivity contribution in [3.05, 3.63) is 111 Å². The molecule has 3 N–H and O–H groups in total. The number of hydrogen-bond donors (Lipinski definition) is 3. The zero-order chi connectivity index (χ0) is 24.2. The minimum Gasteiger partial charge on any atom is -0.481 e. The van der Waals surface area contributed by atoms with E-state index in [0.29, 0.717) is 10.6 Å². The quantitative estimate of drug-likeness (QED) is 0.361. The summed E-state index contributed by atoms with van der Waals surface area (Å²) in [7, 11) is 0. The predicted molar refractivity (Wildman–Crippen MR) is 126 cm³/mol. The molecule has 172 valence electrons. The largest absolute Gasteiger partial charge is 0.481 e. The fourth-order valence-electron chi connectivity index (χ4n) is 3.56. The molecule has 0 saturated carbocycles. The zero-order valence-corrected chi connectivity index (χ0v) is 18.4. The number of carbonyl (C=O) groups excluding carboxylic acids is 1. The zero-order valence-electron chi connectivity index (χ0n) is 17.7. The molecule has 34 heavy (non-hydrogen) atoms. The van der Waals surface area contributed by atoms with Crippen LogP contribution in [-0.4, -0.2) is 26.8 Å². The van der Waals surface area contributed by atoms with Crippen LogP contribution < -0.4 is 10.9 Å². The molecule has 1 heterocycles. The van der Waals surface area contributed by atoms with Crippen molar-refractivity contribution in [1.29, 1.82) is 0 Å². The lowest BCUT2D eigenvalue weighted by Crippen LogP contribution is -2.30. The van der Waals surface area contributed by atoms with Gasteiger partial charge in [0.15, 0.2) is 0 Å². The SMILES string of the molecule is O=C(O)CC(NC(=O)c1cc(=O)n(-c2ccccc2F)[nH]1)c1ccc(-c2cccc(Cl)c2)cc1. The molecule has 4 rings (SSSR count). The highest BCUT2D eigenvalue weighted by molar-refractivity contribution is 6.30. The van der Waals surface area contributed by atoms with Crippen LogP contribution >= 0.6 is 11.6 Å². The van der Waals surface area contributed by atoms with E-state index in [2.05, 4.69) is 10.4 Å². The minimum absolute atomic E-state index is 0.0368. The van der Waals surface area contributed by atoms with Crippen LogP contribution in [-0.2, 0) is 4.79 Å². The van der Waals surface area contributed by atoms with Crippen molar-refractivity contribution in [2.75, 3.05) is 0 Å². The van der Waals surface area contributed by atoms with E-state index >= 15 is 0 Å². The highest BCUT2D eigenvalue weighted by Gasteiger charge is 2.21. The predicted octanol–water partition coefficient (Wildman–Crippen LogP) is 4.57. The molecule has 1 unspecified atom stereocenters. The van der Waals surface area contributed by atoms with Crippen LogP contribution in [0, 0.1) is 5.82 Å². The van der Waals surface area contributed by atoms with E-state index < -0.39 is 29.3 Å². The van der Waals surface area contributed by atoms with Gasteiger partial charge in [-0.3, -0.25) is 19.5 Å². The van der Waals surface area contributed by atoms with E-state index in [-0.39, 0.29) is 17.8 Å². The molecule has 0 aliphatic heterocycles. The number of aliphatic carboxylic acids is 1. The Morgan fingerprint density at radius 3 is 2.41 bits per heavy atom. The molecular formula is C25H19ClFN3O4. The summed E-state index contributed by atoms with van der Waals surface area (Å²) in [4.78, 5) is 36.6. The highest BCUT2D eigenvalue weighted by Crippen LogP contribution is 2.25. The Morgan fingerprint density at radius 1 is 1.00 bits per heavy atom. The van der Waals surface area contributed by atoms with Crippen LogP contribution in [0.2, 0.25) is 5.02 Å². The van der Waals surface area contributed by atoms with E-state index in [4.69, 9.17) is 11.6 Å². The van der Waals surface area contributed by atoms with E-state index in [1.165, 1.54) is 18.2 Å². The van der Waals surface area contributed by atoms with Gasteiger partial charge in [-0.15, -0.1) is 0 Å². The first-order chi connectivity index (χ1) is 16.3. The molecule has 7 nitrogen and oxygen atoms in total. The van der Waals surface area contributed by atoms with Gasteiger partial charge in [0.2, 0.25) is 0 Å². The summed E-state index contributed by atoms with van der Waals surface area (Å²) in [5.41, 5.74) is 1.54. The van der Waals surface area contributed by atoms with Crippen molar-refractivity contribution >= 4 is 23.5 Å². The number of halogens is 2. The first kappa shape index (κ1) is 23.0. The van der Waals surface area contributed by atoms with Crippen molar-refractivity contribution in [1.82, 2.24) is 15.1 Å². The molecule has 0 radical (unpaired) electrons. The fraction of sp³-hybridized carbons (Fsp3) is 0.0800. The number of carboxylic acids is 1. The van der Waals surface area contributed by atoms with E-state index in [9.17, 15) is 23.9 Å². The van der Waals surface area contributed by atoms with Crippen molar-refractivity contribution in [2.45, 2.75) is 12.5 Å². The van der Waals surface area contributed by atoms with Gasteiger partial charge in [0.1, 0.15) is 17.2 Å². The fourth-order valence-corrected chi connectivity index (χ4v) is 3.75. The number of benzene rings is 3. The third-order valence-electron chi connectivity index (χ3n) is 5.21. The van der Waals surface area contributed by atoms with Gasteiger partial charge in [-0.05, 0) is 41.0 Å². The van der Waals surface area contributed by atoms with Crippen molar-refractivity contribution in [2.24, 2.45) is 0 Å². The van der Waals surface area contributed by atoms with E-state index in [0.717, 1.165) is 21.9 Å². The van der Waals surface area contributed by atoms with Crippen molar-refractivity contribution < 1.29 is 19.1 Å². The minimum atomic E-state index is -1.11. The average molecular weight is 480 g/mol. The van der Waals surface area contributed by atoms with Crippen LogP contribution in [0.25, 0.3) is 16.8 Å². The van der Waals surface area contributed by atoms with Crippen LogP contribution in [0.15, 0.2) is 83.7 Å². The Balaban J connectivity index is 1.58. The van der Waals surface area contributed by atoms with Crippen LogP contribution in [0.1, 0.15) is 28.5 Å². The molecule has 4 aromatic rings. The number of carbonyl (C=O) groups is 2. The lowest BCUT2D eigenvalue weighted by molar-refractivity contribution is -0.137. The third-order valence-corrected chi connectivity index (χ3v) is 5.45. The summed E-state index contributed by atoms with van der Waals surface area (Å²) >= 11 is 6.05. The van der Waals surface area contributed by atoms with Gasteiger partial charge >= 0.3 is 5.97 Å². The van der Waals surface area contributed by atoms with Gasteiger partial charge in [-0.25, -0.2) is 9.07 Å². The van der Waals surface area contributed by atoms with E-state index in [1.807, 2.05) is 18.2 Å². The molecular weight excluding hydrogens is 461 g/mol. The second-order valence-corrected chi connectivity index (χ2v) is 7.99. The monoisotopic (exact) mass is 479 g/mol. The third kappa shape index (κ3) is 5.07. The lowest BCUT2D eigenvalue weighted by Gasteiger charge is -2.17. The number of para-hydroxylation sites is 1. The first-order valence-corrected chi connectivity index (χ1v) is 10.6. The van der Waals surface area contributed by atoms with Gasteiger partial charge in [0.05, 0.1) is 12.5 Å². The first-order valence-electron chi connectivity index (χ1n) is 10.3. The molecule has 9 heteroatoms. The Kier molecular flexibility index (Phi) is 6.60. The maximum Gasteiger partial charge on any atom is 0.305 e. The molecule has 0 saturated heterocycles. The highest BCUT2D eigenvalue weighted by atomic mass is 35.5. The number of nitrogens with one attached hydrogen (secondary N) is 2. The van der Waals surface area contributed by atoms with Gasteiger partial charge in [0.25, 0.3) is 11.5 Å². The van der Waals surface area contributed by atoms with Crippen LogP contribution in [0.5, 0.6) is 0 Å². The Bertz CT molecular complexity index is 1410. The van der Waals surface area contributed by atoms with Gasteiger partial charge in [-0.1, -0.05) is 60.1 Å². The molecule has 0 fully saturated rings. The second kappa shape index (κ2) is 9.76.